The van der Waals surface area contributed by atoms with E-state index in [4.69, 9.17) is 45.3 Å². The molecule has 0 unspecified atom stereocenters. The molecule has 6 nitrogen and oxygen atoms in total. The van der Waals surface area contributed by atoms with Crippen molar-refractivity contribution in [3.05, 3.63) is 61.9 Å². The van der Waals surface area contributed by atoms with Gasteiger partial charge in [0.15, 0.2) is 11.8 Å². The molecular formula is C18H12Cl3N3O3S. The summed E-state index contributed by atoms with van der Waals surface area (Å²) in [6.07, 6.45) is 1.56. The molecule has 0 fully saturated rings. The van der Waals surface area contributed by atoms with Crippen LogP contribution < -0.4 is 15.8 Å². The molecule has 0 aliphatic carbocycles. The summed E-state index contributed by atoms with van der Waals surface area (Å²) in [5.74, 6) is -0.461. The fraction of sp³-hybridized carbons (Fsp3) is 0.0556. The third-order valence-corrected chi connectivity index (χ3v) is 5.24. The SMILES string of the molecule is NC1=NC(=O)/C(=C/c2cc(Cl)ccc2OCC(=O)Nc2ccc(Cl)c(Cl)c2)S1. The fourth-order valence-electron chi connectivity index (χ4n) is 2.24. The zero-order chi connectivity index (χ0) is 20.3. The number of nitrogens with one attached hydrogen (secondary N) is 1. The Morgan fingerprint density at radius 2 is 1.96 bits per heavy atom. The predicted octanol–water partition coefficient (Wildman–Crippen LogP) is 4.59. The summed E-state index contributed by atoms with van der Waals surface area (Å²) in [6, 6.07) is 9.57. The standard InChI is InChI=1S/C18H12Cl3N3O3S/c19-10-1-4-14(9(5-10)6-15-17(26)24-18(22)28-15)27-8-16(25)23-11-2-3-12(20)13(21)7-11/h1-7H,8H2,(H,23,25)(H2,22,24,26)/b15-6-. The second-order valence-corrected chi connectivity index (χ2v) is 7.83. The van der Waals surface area contributed by atoms with Crippen molar-refractivity contribution >= 4 is 75.3 Å². The van der Waals surface area contributed by atoms with Gasteiger partial charge in [0, 0.05) is 16.3 Å². The van der Waals surface area contributed by atoms with Crippen LogP contribution in [0.3, 0.4) is 0 Å². The lowest BCUT2D eigenvalue weighted by Gasteiger charge is -2.11. The van der Waals surface area contributed by atoms with Gasteiger partial charge < -0.3 is 15.8 Å². The smallest absolute Gasteiger partial charge is 0.286 e. The summed E-state index contributed by atoms with van der Waals surface area (Å²) < 4.78 is 5.59. The van der Waals surface area contributed by atoms with E-state index in [9.17, 15) is 9.59 Å². The van der Waals surface area contributed by atoms with E-state index in [1.807, 2.05) is 0 Å². The largest absolute Gasteiger partial charge is 0.483 e. The Kier molecular flexibility index (Phi) is 6.51. The Morgan fingerprint density at radius 3 is 2.64 bits per heavy atom. The maximum atomic E-state index is 12.2. The van der Waals surface area contributed by atoms with Gasteiger partial charge in [0.05, 0.1) is 15.0 Å². The number of carbonyl (C=O) groups excluding carboxylic acids is 2. The molecule has 28 heavy (non-hydrogen) atoms. The van der Waals surface area contributed by atoms with Gasteiger partial charge in [0.2, 0.25) is 0 Å². The fourth-order valence-corrected chi connectivity index (χ4v) is 3.40. The molecule has 2 aromatic rings. The predicted molar refractivity (Wildman–Crippen MR) is 114 cm³/mol. The lowest BCUT2D eigenvalue weighted by atomic mass is 10.2. The number of thioether (sulfide) groups is 1. The van der Waals surface area contributed by atoms with Crippen LogP contribution >= 0.6 is 46.6 Å². The topological polar surface area (TPSA) is 93.8 Å². The lowest BCUT2D eigenvalue weighted by molar-refractivity contribution is -0.118. The molecule has 0 radical (unpaired) electrons. The molecule has 2 amide bonds. The second kappa shape index (κ2) is 8.87. The van der Waals surface area contributed by atoms with E-state index in [0.717, 1.165) is 11.8 Å². The van der Waals surface area contributed by atoms with Crippen molar-refractivity contribution in [3.8, 4) is 5.75 Å². The second-order valence-electron chi connectivity index (χ2n) is 5.51. The van der Waals surface area contributed by atoms with E-state index in [1.165, 1.54) is 6.07 Å². The van der Waals surface area contributed by atoms with E-state index < -0.39 is 11.8 Å². The first-order valence-electron chi connectivity index (χ1n) is 7.77. The number of hydrogen-bond donors (Lipinski definition) is 2. The van der Waals surface area contributed by atoms with Crippen molar-refractivity contribution in [2.75, 3.05) is 11.9 Å². The van der Waals surface area contributed by atoms with Crippen LogP contribution in [0.25, 0.3) is 6.08 Å². The molecule has 10 heteroatoms. The molecule has 2 aromatic carbocycles. The molecule has 0 saturated carbocycles. The van der Waals surface area contributed by atoms with Gasteiger partial charge in [0.1, 0.15) is 5.75 Å². The number of carbonyl (C=O) groups is 2. The van der Waals surface area contributed by atoms with Gasteiger partial charge in [-0.25, -0.2) is 0 Å². The molecule has 0 saturated heterocycles. The van der Waals surface area contributed by atoms with Gasteiger partial charge in [-0.05, 0) is 54.2 Å². The number of hydrogen-bond acceptors (Lipinski definition) is 5. The summed E-state index contributed by atoms with van der Waals surface area (Å²) in [5.41, 5.74) is 6.56. The number of nitrogens with zero attached hydrogens (tertiary/aromatic N) is 1. The first kappa shape index (κ1) is 20.5. The Balaban J connectivity index is 1.70. The van der Waals surface area contributed by atoms with Gasteiger partial charge in [-0.1, -0.05) is 34.8 Å². The van der Waals surface area contributed by atoms with E-state index in [1.54, 1.807) is 36.4 Å². The van der Waals surface area contributed by atoms with Gasteiger partial charge >= 0.3 is 0 Å². The van der Waals surface area contributed by atoms with Gasteiger partial charge in [0.25, 0.3) is 11.8 Å². The van der Waals surface area contributed by atoms with Crippen molar-refractivity contribution in [1.82, 2.24) is 0 Å². The first-order valence-corrected chi connectivity index (χ1v) is 9.72. The molecule has 1 aliphatic heterocycles. The molecule has 1 aliphatic rings. The average molecular weight is 457 g/mol. The first-order chi connectivity index (χ1) is 13.3. The number of rotatable bonds is 5. The van der Waals surface area contributed by atoms with Crippen LogP contribution in [-0.2, 0) is 9.59 Å². The number of amides is 2. The van der Waals surface area contributed by atoms with E-state index in [-0.39, 0.29) is 11.8 Å². The lowest BCUT2D eigenvalue weighted by Crippen LogP contribution is -2.20. The zero-order valence-electron chi connectivity index (χ0n) is 14.0. The molecule has 0 bridgehead atoms. The Morgan fingerprint density at radius 1 is 1.18 bits per heavy atom. The third kappa shape index (κ3) is 5.20. The van der Waals surface area contributed by atoms with Crippen LogP contribution in [0, 0.1) is 0 Å². The van der Waals surface area contributed by atoms with Crippen LogP contribution in [0.5, 0.6) is 5.75 Å². The van der Waals surface area contributed by atoms with Crippen LogP contribution in [0.15, 0.2) is 46.3 Å². The Hall–Kier alpha value is -2.19. The van der Waals surface area contributed by atoms with Gasteiger partial charge in [-0.15, -0.1) is 0 Å². The number of anilines is 1. The minimum absolute atomic E-state index is 0.168. The molecule has 0 atom stereocenters. The highest BCUT2D eigenvalue weighted by molar-refractivity contribution is 8.18. The quantitative estimate of drug-likeness (QED) is 0.642. The van der Waals surface area contributed by atoms with Gasteiger partial charge in [-0.3, -0.25) is 9.59 Å². The number of halogens is 3. The van der Waals surface area contributed by atoms with E-state index >= 15 is 0 Å². The van der Waals surface area contributed by atoms with Crippen LogP contribution in [0.1, 0.15) is 5.56 Å². The maximum absolute atomic E-state index is 12.2. The van der Waals surface area contributed by atoms with Crippen LogP contribution in [0.2, 0.25) is 15.1 Å². The summed E-state index contributed by atoms with van der Waals surface area (Å²) in [4.78, 5) is 27.9. The summed E-state index contributed by atoms with van der Waals surface area (Å²) >= 11 is 18.9. The summed E-state index contributed by atoms with van der Waals surface area (Å²) in [6.45, 7) is -0.266. The number of nitrogens with two attached hydrogens (primary N) is 1. The molecule has 144 valence electrons. The molecule has 0 aromatic heterocycles. The monoisotopic (exact) mass is 455 g/mol. The Bertz CT molecular complexity index is 1020. The van der Waals surface area contributed by atoms with Crippen molar-refractivity contribution in [3.63, 3.8) is 0 Å². The highest BCUT2D eigenvalue weighted by atomic mass is 35.5. The average Bonchev–Trinajstić information content (AvgIpc) is 2.94. The van der Waals surface area contributed by atoms with Crippen LogP contribution in [-0.4, -0.2) is 23.6 Å². The minimum atomic E-state index is -0.439. The van der Waals surface area contributed by atoms with E-state index in [0.29, 0.717) is 37.0 Å². The van der Waals surface area contributed by atoms with Crippen LogP contribution in [0.4, 0.5) is 5.69 Å². The molecule has 1 heterocycles. The minimum Gasteiger partial charge on any atom is -0.483 e. The zero-order valence-corrected chi connectivity index (χ0v) is 17.1. The van der Waals surface area contributed by atoms with E-state index in [2.05, 4.69) is 10.3 Å². The Labute approximate surface area is 179 Å². The highest BCUT2D eigenvalue weighted by Gasteiger charge is 2.20. The number of ether oxygens (including phenoxy) is 1. The number of aliphatic imine (C=N–C) groups is 1. The summed E-state index contributed by atoms with van der Waals surface area (Å²) in [5, 5.41) is 3.99. The molecular weight excluding hydrogens is 445 g/mol. The van der Waals surface area contributed by atoms with Crippen molar-refractivity contribution in [2.45, 2.75) is 0 Å². The normalized spacial score (nSPS) is 14.9. The van der Waals surface area contributed by atoms with Crippen molar-refractivity contribution < 1.29 is 14.3 Å². The molecule has 3 N–H and O–H groups in total. The van der Waals surface area contributed by atoms with Crippen molar-refractivity contribution in [2.24, 2.45) is 10.7 Å². The number of amidine groups is 1. The van der Waals surface area contributed by atoms with Gasteiger partial charge in [-0.2, -0.15) is 4.99 Å². The van der Waals surface area contributed by atoms with Crippen molar-refractivity contribution in [1.29, 1.82) is 0 Å². The molecule has 3 rings (SSSR count). The number of benzene rings is 2. The summed E-state index contributed by atoms with van der Waals surface area (Å²) in [7, 11) is 0. The third-order valence-electron chi connectivity index (χ3n) is 3.46. The highest BCUT2D eigenvalue weighted by Crippen LogP contribution is 2.31. The maximum Gasteiger partial charge on any atom is 0.286 e. The molecule has 0 spiro atoms.